The van der Waals surface area contributed by atoms with Crippen molar-refractivity contribution in [3.63, 3.8) is 0 Å². The van der Waals surface area contributed by atoms with E-state index in [4.69, 9.17) is 11.6 Å². The zero-order valence-corrected chi connectivity index (χ0v) is 14.1. The zero-order chi connectivity index (χ0) is 17.9. The summed E-state index contributed by atoms with van der Waals surface area (Å²) in [4.78, 5) is 11.6. The van der Waals surface area contributed by atoms with E-state index < -0.39 is 26.4 Å². The molecule has 128 valence electrons. The third kappa shape index (κ3) is 3.91. The van der Waals surface area contributed by atoms with Gasteiger partial charge >= 0.3 is 5.76 Å². The summed E-state index contributed by atoms with van der Waals surface area (Å²) in [5, 5.41) is 3.22. The normalized spacial score (nSPS) is 12.9. The average molecular weight is 374 g/mol. The number of carbonyl (C=O) groups is 1. The van der Waals surface area contributed by atoms with E-state index in [-0.39, 0.29) is 11.6 Å². The highest BCUT2D eigenvalue weighted by molar-refractivity contribution is 7.91. The molecule has 0 spiro atoms. The molecular formula is C16H14ClF2NO3S. The number of rotatable bonds is 5. The molecule has 0 unspecified atom stereocenters. The maximum atomic E-state index is 12.5. The van der Waals surface area contributed by atoms with Gasteiger partial charge in [-0.05, 0) is 42.8 Å². The Balaban J connectivity index is 2.15. The van der Waals surface area contributed by atoms with Crippen LogP contribution in [0.25, 0.3) is 0 Å². The van der Waals surface area contributed by atoms with Crippen LogP contribution in [0.2, 0.25) is 5.02 Å². The number of amides is 1. The molecule has 0 saturated carbocycles. The first-order valence-corrected chi connectivity index (χ1v) is 8.83. The van der Waals surface area contributed by atoms with Gasteiger partial charge in [0.15, 0.2) is 0 Å². The molecule has 8 heteroatoms. The molecule has 0 aliphatic heterocycles. The lowest BCUT2D eigenvalue weighted by Gasteiger charge is -2.16. The SMILES string of the molecule is C[C@@H](NC(=O)c1ccc(S(=O)(=O)C(F)F)cc1)c1ccccc1Cl. The van der Waals surface area contributed by atoms with Crippen molar-refractivity contribution in [3.8, 4) is 0 Å². The Morgan fingerprint density at radius 3 is 2.21 bits per heavy atom. The summed E-state index contributed by atoms with van der Waals surface area (Å²) >= 11 is 6.06. The van der Waals surface area contributed by atoms with Crippen LogP contribution in [0.15, 0.2) is 53.4 Å². The van der Waals surface area contributed by atoms with Gasteiger partial charge in [0.05, 0.1) is 10.9 Å². The molecule has 4 nitrogen and oxygen atoms in total. The topological polar surface area (TPSA) is 63.2 Å². The molecule has 0 heterocycles. The fourth-order valence-corrected chi connectivity index (χ4v) is 3.10. The summed E-state index contributed by atoms with van der Waals surface area (Å²) in [6, 6.07) is 11.0. The smallest absolute Gasteiger partial charge is 0.341 e. The molecule has 0 aliphatic rings. The largest absolute Gasteiger partial charge is 0.345 e. The third-order valence-corrected chi connectivity index (χ3v) is 5.14. The number of sulfone groups is 1. The Morgan fingerprint density at radius 2 is 1.67 bits per heavy atom. The van der Waals surface area contributed by atoms with Crippen LogP contribution in [-0.2, 0) is 9.84 Å². The first kappa shape index (κ1) is 18.4. The Bertz CT molecular complexity index is 839. The van der Waals surface area contributed by atoms with E-state index in [1.54, 1.807) is 31.2 Å². The van der Waals surface area contributed by atoms with E-state index in [0.717, 1.165) is 17.7 Å². The van der Waals surface area contributed by atoms with E-state index in [1.165, 1.54) is 12.1 Å². The van der Waals surface area contributed by atoms with E-state index in [0.29, 0.717) is 5.02 Å². The van der Waals surface area contributed by atoms with Gasteiger partial charge in [-0.2, -0.15) is 8.78 Å². The van der Waals surface area contributed by atoms with E-state index in [9.17, 15) is 22.0 Å². The number of alkyl halides is 2. The van der Waals surface area contributed by atoms with Crippen LogP contribution in [0.1, 0.15) is 28.9 Å². The van der Waals surface area contributed by atoms with Crippen molar-refractivity contribution in [2.45, 2.75) is 23.6 Å². The van der Waals surface area contributed by atoms with Crippen LogP contribution < -0.4 is 5.32 Å². The minimum absolute atomic E-state index is 0.155. The van der Waals surface area contributed by atoms with Crippen molar-refractivity contribution in [2.75, 3.05) is 0 Å². The fourth-order valence-electron chi connectivity index (χ4n) is 2.08. The summed E-state index contributed by atoms with van der Waals surface area (Å²) < 4.78 is 47.6. The number of hydrogen-bond acceptors (Lipinski definition) is 3. The summed E-state index contributed by atoms with van der Waals surface area (Å²) in [6.45, 7) is 1.74. The quantitative estimate of drug-likeness (QED) is 0.866. The van der Waals surface area contributed by atoms with Crippen molar-refractivity contribution in [3.05, 3.63) is 64.7 Å². The zero-order valence-electron chi connectivity index (χ0n) is 12.5. The second-order valence-electron chi connectivity index (χ2n) is 5.05. The lowest BCUT2D eigenvalue weighted by molar-refractivity contribution is 0.0940. The third-order valence-electron chi connectivity index (χ3n) is 3.40. The lowest BCUT2D eigenvalue weighted by atomic mass is 10.1. The van der Waals surface area contributed by atoms with Crippen LogP contribution >= 0.6 is 11.6 Å². The van der Waals surface area contributed by atoms with E-state index in [1.807, 2.05) is 0 Å². The molecule has 1 amide bonds. The van der Waals surface area contributed by atoms with Gasteiger partial charge < -0.3 is 5.32 Å². The molecule has 0 radical (unpaired) electrons. The first-order chi connectivity index (χ1) is 11.2. The van der Waals surface area contributed by atoms with Gasteiger partial charge in [0.25, 0.3) is 5.91 Å². The van der Waals surface area contributed by atoms with Gasteiger partial charge in [0.1, 0.15) is 0 Å². The van der Waals surface area contributed by atoms with Gasteiger partial charge in [-0.15, -0.1) is 0 Å². The number of carbonyl (C=O) groups excluding carboxylic acids is 1. The van der Waals surface area contributed by atoms with E-state index >= 15 is 0 Å². The average Bonchev–Trinajstić information content (AvgIpc) is 2.55. The van der Waals surface area contributed by atoms with Gasteiger partial charge in [0, 0.05) is 10.6 Å². The van der Waals surface area contributed by atoms with Gasteiger partial charge in [0.2, 0.25) is 9.84 Å². The first-order valence-electron chi connectivity index (χ1n) is 6.91. The van der Waals surface area contributed by atoms with Gasteiger partial charge in [-0.1, -0.05) is 29.8 Å². The molecular weight excluding hydrogens is 360 g/mol. The fraction of sp³-hybridized carbons (Fsp3) is 0.188. The Labute approximate surface area is 143 Å². The minimum atomic E-state index is -4.67. The number of nitrogens with one attached hydrogen (secondary N) is 1. The predicted octanol–water partition coefficient (Wildman–Crippen LogP) is 3.83. The molecule has 1 N–H and O–H groups in total. The molecule has 0 aromatic heterocycles. The second kappa shape index (κ2) is 7.27. The van der Waals surface area contributed by atoms with Crippen LogP contribution in [0.3, 0.4) is 0 Å². The molecule has 2 aromatic carbocycles. The minimum Gasteiger partial charge on any atom is -0.345 e. The van der Waals surface area contributed by atoms with Crippen LogP contribution in [0, 0.1) is 0 Å². The van der Waals surface area contributed by atoms with Crippen molar-refractivity contribution in [1.29, 1.82) is 0 Å². The molecule has 0 aliphatic carbocycles. The Kier molecular flexibility index (Phi) is 5.56. The molecule has 2 aromatic rings. The molecule has 0 fully saturated rings. The van der Waals surface area contributed by atoms with Gasteiger partial charge in [-0.3, -0.25) is 4.79 Å². The number of hydrogen-bond donors (Lipinski definition) is 1. The maximum absolute atomic E-state index is 12.5. The second-order valence-corrected chi connectivity index (χ2v) is 7.37. The van der Waals surface area contributed by atoms with E-state index in [2.05, 4.69) is 5.32 Å². The molecule has 24 heavy (non-hydrogen) atoms. The highest BCUT2D eigenvalue weighted by Crippen LogP contribution is 2.23. The highest BCUT2D eigenvalue weighted by atomic mass is 35.5. The molecule has 0 bridgehead atoms. The summed E-state index contributed by atoms with van der Waals surface area (Å²) in [5.74, 6) is -3.97. The summed E-state index contributed by atoms with van der Waals surface area (Å²) in [7, 11) is -4.67. The van der Waals surface area contributed by atoms with Crippen molar-refractivity contribution in [2.24, 2.45) is 0 Å². The lowest BCUT2D eigenvalue weighted by Crippen LogP contribution is -2.26. The van der Waals surface area contributed by atoms with Crippen molar-refractivity contribution >= 4 is 27.3 Å². The Morgan fingerprint density at radius 1 is 1.08 bits per heavy atom. The predicted molar refractivity (Wildman–Crippen MR) is 87.0 cm³/mol. The number of halogens is 3. The summed E-state index contributed by atoms with van der Waals surface area (Å²) in [6.07, 6.45) is 0. The van der Waals surface area contributed by atoms with Crippen LogP contribution in [0.5, 0.6) is 0 Å². The van der Waals surface area contributed by atoms with Gasteiger partial charge in [-0.25, -0.2) is 8.42 Å². The number of benzene rings is 2. The monoisotopic (exact) mass is 373 g/mol. The molecule has 2 rings (SSSR count). The van der Waals surface area contributed by atoms with Crippen molar-refractivity contribution in [1.82, 2.24) is 5.32 Å². The standard InChI is InChI=1S/C16H14ClF2NO3S/c1-10(13-4-2-3-5-14(13)17)20-15(21)11-6-8-12(9-7-11)24(22,23)16(18)19/h2-10,16H,1H3,(H,20,21)/t10-/m1/s1. The highest BCUT2D eigenvalue weighted by Gasteiger charge is 2.26. The Hall–Kier alpha value is -1.99. The summed E-state index contributed by atoms with van der Waals surface area (Å²) in [5.41, 5.74) is 0.881. The maximum Gasteiger partial charge on any atom is 0.341 e. The van der Waals surface area contributed by atoms with Crippen LogP contribution in [0.4, 0.5) is 8.78 Å². The molecule has 1 atom stereocenters. The van der Waals surface area contributed by atoms with Crippen LogP contribution in [-0.4, -0.2) is 20.1 Å². The van der Waals surface area contributed by atoms with Crippen molar-refractivity contribution < 1.29 is 22.0 Å². The molecule has 0 saturated heterocycles.